The van der Waals surface area contributed by atoms with Gasteiger partial charge in [0.25, 0.3) is 0 Å². The van der Waals surface area contributed by atoms with Gasteiger partial charge in [0.2, 0.25) is 10.0 Å². The van der Waals surface area contributed by atoms with Crippen LogP contribution >= 0.6 is 0 Å². The Hall–Kier alpha value is -1.46. The predicted molar refractivity (Wildman–Crippen MR) is 74.5 cm³/mol. The van der Waals surface area contributed by atoms with Crippen molar-refractivity contribution >= 4 is 10.0 Å². The molecule has 0 bridgehead atoms. The summed E-state index contributed by atoms with van der Waals surface area (Å²) in [6.45, 7) is 2.08. The Labute approximate surface area is 123 Å². The van der Waals surface area contributed by atoms with Crippen molar-refractivity contribution in [3.63, 3.8) is 0 Å². The van der Waals surface area contributed by atoms with Crippen LogP contribution in [0.3, 0.4) is 0 Å². The van der Waals surface area contributed by atoms with Crippen LogP contribution in [0, 0.1) is 17.7 Å². The van der Waals surface area contributed by atoms with Crippen LogP contribution in [0.5, 0.6) is 0 Å². The first-order valence-corrected chi connectivity index (χ1v) is 7.86. The topological polar surface area (TPSA) is 75.6 Å². The highest BCUT2D eigenvalue weighted by Crippen LogP contribution is 2.23. The van der Waals surface area contributed by atoms with E-state index in [1.165, 1.54) is 0 Å². The molecular weight excluding hydrogens is 297 g/mol. The third-order valence-corrected chi connectivity index (χ3v) is 4.83. The lowest BCUT2D eigenvalue weighted by Crippen LogP contribution is -2.46. The highest BCUT2D eigenvalue weighted by Gasteiger charge is 2.35. The number of rotatable bonds is 3. The van der Waals surface area contributed by atoms with Crippen molar-refractivity contribution in [1.82, 2.24) is 4.72 Å². The molecule has 1 unspecified atom stereocenters. The smallest absolute Gasteiger partial charge is 0.242 e. The number of sulfonamides is 1. The van der Waals surface area contributed by atoms with Crippen molar-refractivity contribution < 1.29 is 22.7 Å². The van der Waals surface area contributed by atoms with E-state index in [2.05, 4.69) is 16.6 Å². The quantitative estimate of drug-likeness (QED) is 0.803. The molecule has 2 N–H and O–H groups in total. The van der Waals surface area contributed by atoms with Crippen LogP contribution < -0.4 is 4.72 Å². The van der Waals surface area contributed by atoms with E-state index in [0.717, 1.165) is 18.2 Å². The van der Waals surface area contributed by atoms with Gasteiger partial charge in [-0.3, -0.25) is 0 Å². The molecule has 0 aromatic heterocycles. The molecule has 1 aromatic rings. The number of aliphatic hydroxyl groups excluding tert-OH is 1. The molecule has 5 nitrogen and oxygen atoms in total. The number of hydrogen-bond acceptors (Lipinski definition) is 4. The molecule has 1 aliphatic heterocycles. The minimum atomic E-state index is -3.86. The molecule has 0 radical (unpaired) electrons. The van der Waals surface area contributed by atoms with Crippen LogP contribution in [0.25, 0.3) is 0 Å². The molecule has 0 spiro atoms. The summed E-state index contributed by atoms with van der Waals surface area (Å²) in [7, 11) is -3.86. The number of ether oxygens (including phenoxy) is 1. The third-order valence-electron chi connectivity index (χ3n) is 3.13. The lowest BCUT2D eigenvalue weighted by Gasteiger charge is -2.23. The van der Waals surface area contributed by atoms with E-state index in [1.807, 2.05) is 0 Å². The molecule has 1 atom stereocenters. The Bertz CT molecular complexity index is 685. The Morgan fingerprint density at radius 3 is 2.90 bits per heavy atom. The van der Waals surface area contributed by atoms with E-state index >= 15 is 0 Å². The summed E-state index contributed by atoms with van der Waals surface area (Å²) >= 11 is 0. The zero-order valence-corrected chi connectivity index (χ0v) is 12.3. The minimum absolute atomic E-state index is 0.0130. The molecule has 0 saturated carbocycles. The van der Waals surface area contributed by atoms with E-state index in [4.69, 9.17) is 9.84 Å². The second kappa shape index (κ2) is 6.12. The maximum absolute atomic E-state index is 13.3. The van der Waals surface area contributed by atoms with Gasteiger partial charge in [0.1, 0.15) is 12.4 Å². The fraction of sp³-hybridized carbons (Fsp3) is 0.429. The zero-order valence-electron chi connectivity index (χ0n) is 11.5. The summed E-state index contributed by atoms with van der Waals surface area (Å²) in [5, 5.41) is 8.71. The molecule has 1 fully saturated rings. The van der Waals surface area contributed by atoms with Gasteiger partial charge in [-0.2, -0.15) is 0 Å². The molecule has 1 saturated heterocycles. The molecule has 7 heteroatoms. The van der Waals surface area contributed by atoms with Gasteiger partial charge in [0.15, 0.2) is 0 Å². The van der Waals surface area contributed by atoms with Crippen molar-refractivity contribution in [3.05, 3.63) is 29.6 Å². The van der Waals surface area contributed by atoms with Crippen LogP contribution in [0.2, 0.25) is 0 Å². The average Bonchev–Trinajstić information content (AvgIpc) is 2.81. The number of nitrogens with one attached hydrogen (secondary N) is 1. The van der Waals surface area contributed by atoms with Gasteiger partial charge in [-0.1, -0.05) is 11.8 Å². The largest absolute Gasteiger partial charge is 0.384 e. The first-order valence-electron chi connectivity index (χ1n) is 6.37. The SMILES string of the molecule is CC1(NS(=O)(=O)c2ccc(F)cc2C#CCO)CCOC1. The summed E-state index contributed by atoms with van der Waals surface area (Å²) in [6.07, 6.45) is 0.561. The molecule has 21 heavy (non-hydrogen) atoms. The third kappa shape index (κ3) is 3.80. The van der Waals surface area contributed by atoms with E-state index in [9.17, 15) is 12.8 Å². The molecule has 0 amide bonds. The van der Waals surface area contributed by atoms with Crippen LogP contribution in [-0.4, -0.2) is 38.9 Å². The van der Waals surface area contributed by atoms with Gasteiger partial charge < -0.3 is 9.84 Å². The van der Waals surface area contributed by atoms with Crippen LogP contribution in [0.15, 0.2) is 23.1 Å². The maximum atomic E-state index is 13.3. The van der Waals surface area contributed by atoms with Gasteiger partial charge in [-0.15, -0.1) is 0 Å². The lowest BCUT2D eigenvalue weighted by molar-refractivity contribution is 0.178. The van der Waals surface area contributed by atoms with Crippen LogP contribution in [-0.2, 0) is 14.8 Å². The fourth-order valence-electron chi connectivity index (χ4n) is 2.10. The Morgan fingerprint density at radius 2 is 2.29 bits per heavy atom. The monoisotopic (exact) mass is 313 g/mol. The highest BCUT2D eigenvalue weighted by atomic mass is 32.2. The van der Waals surface area contributed by atoms with Crippen molar-refractivity contribution in [2.45, 2.75) is 23.8 Å². The first-order chi connectivity index (χ1) is 9.86. The summed E-state index contributed by atoms with van der Waals surface area (Å²) in [4.78, 5) is -0.113. The number of hydrogen-bond donors (Lipinski definition) is 2. The van der Waals surface area contributed by atoms with Crippen molar-refractivity contribution in [2.24, 2.45) is 0 Å². The van der Waals surface area contributed by atoms with Gasteiger partial charge in [0, 0.05) is 12.2 Å². The molecule has 2 rings (SSSR count). The minimum Gasteiger partial charge on any atom is -0.384 e. The lowest BCUT2D eigenvalue weighted by atomic mass is 10.0. The summed E-state index contributed by atoms with van der Waals surface area (Å²) in [5.41, 5.74) is -0.673. The average molecular weight is 313 g/mol. The maximum Gasteiger partial charge on any atom is 0.242 e. The second-order valence-electron chi connectivity index (χ2n) is 5.07. The molecular formula is C14H16FNO4S. The standard InChI is InChI=1S/C14H16FNO4S/c1-14(6-8-20-10-14)16-21(18,19)13-5-4-12(15)9-11(13)3-2-7-17/h4-5,9,16-17H,6-8,10H2,1H3. The highest BCUT2D eigenvalue weighted by molar-refractivity contribution is 7.89. The molecule has 114 valence electrons. The van der Waals surface area contributed by atoms with Crippen molar-refractivity contribution in [3.8, 4) is 11.8 Å². The fourth-order valence-corrected chi connectivity index (χ4v) is 3.66. The van der Waals surface area contributed by atoms with E-state index in [0.29, 0.717) is 13.0 Å². The van der Waals surface area contributed by atoms with Gasteiger partial charge in [0.05, 0.1) is 17.0 Å². The van der Waals surface area contributed by atoms with Crippen molar-refractivity contribution in [1.29, 1.82) is 0 Å². The van der Waals surface area contributed by atoms with Gasteiger partial charge >= 0.3 is 0 Å². The second-order valence-corrected chi connectivity index (χ2v) is 6.72. The number of halogens is 1. The Balaban J connectivity index is 2.39. The predicted octanol–water partition coefficient (Wildman–Crippen LogP) is 0.627. The molecule has 0 aliphatic carbocycles. The molecule has 1 heterocycles. The summed E-state index contributed by atoms with van der Waals surface area (Å²) in [5.74, 6) is 4.20. The Morgan fingerprint density at radius 1 is 1.52 bits per heavy atom. The van der Waals surface area contributed by atoms with Gasteiger partial charge in [-0.25, -0.2) is 17.5 Å². The normalized spacial score (nSPS) is 21.9. The van der Waals surface area contributed by atoms with Gasteiger partial charge in [-0.05, 0) is 31.5 Å². The zero-order chi connectivity index (χ0) is 15.5. The summed E-state index contributed by atoms with van der Waals surface area (Å²) < 4.78 is 46.0. The summed E-state index contributed by atoms with van der Waals surface area (Å²) in [6, 6.07) is 3.26. The van der Waals surface area contributed by atoms with Crippen LogP contribution in [0.1, 0.15) is 18.9 Å². The molecule has 1 aromatic carbocycles. The van der Waals surface area contributed by atoms with E-state index in [-0.39, 0.29) is 17.1 Å². The number of benzene rings is 1. The van der Waals surface area contributed by atoms with E-state index < -0.39 is 28.0 Å². The van der Waals surface area contributed by atoms with Crippen molar-refractivity contribution in [2.75, 3.05) is 19.8 Å². The first kappa shape index (κ1) is 15.9. The number of aliphatic hydroxyl groups is 1. The van der Waals surface area contributed by atoms with Crippen LogP contribution in [0.4, 0.5) is 4.39 Å². The Kier molecular flexibility index (Phi) is 4.64. The molecule has 1 aliphatic rings. The van der Waals surface area contributed by atoms with E-state index in [1.54, 1.807) is 6.92 Å².